The lowest BCUT2D eigenvalue weighted by atomic mass is 9.83. The van der Waals surface area contributed by atoms with Gasteiger partial charge in [-0.05, 0) is 40.4 Å². The highest BCUT2D eigenvalue weighted by molar-refractivity contribution is 9.10. The molecule has 1 aliphatic rings. The average Bonchev–Trinajstić information content (AvgIpc) is 2.33. The summed E-state index contributed by atoms with van der Waals surface area (Å²) in [4.78, 5) is 11.7. The van der Waals surface area contributed by atoms with Crippen molar-refractivity contribution in [2.75, 3.05) is 6.61 Å². The molecular weight excluding hydrogens is 382 g/mol. The molecule has 1 fully saturated rings. The molecule has 2 rings (SSSR count). The van der Waals surface area contributed by atoms with Gasteiger partial charge in [0.2, 0.25) is 10.0 Å². The van der Waals surface area contributed by atoms with Gasteiger partial charge < -0.3 is 4.74 Å². The number of carbonyl (C=O) groups is 1. The van der Waals surface area contributed by atoms with Crippen molar-refractivity contribution in [3.8, 4) is 0 Å². The van der Waals surface area contributed by atoms with Gasteiger partial charge in [-0.2, -0.15) is 0 Å². The third-order valence-corrected chi connectivity index (χ3v) is 6.10. The molecule has 0 saturated heterocycles. The average molecular weight is 397 g/mol. The van der Waals surface area contributed by atoms with Crippen molar-refractivity contribution in [2.24, 2.45) is 11.1 Å². The molecule has 2 N–H and O–H groups in total. The molecule has 0 atom stereocenters. The summed E-state index contributed by atoms with van der Waals surface area (Å²) in [6.07, 6.45) is 4.42. The second kappa shape index (κ2) is 6.64. The Balaban J connectivity index is 2.11. The van der Waals surface area contributed by atoms with Crippen LogP contribution in [0.4, 0.5) is 0 Å². The fourth-order valence-electron chi connectivity index (χ4n) is 2.07. The Hall–Kier alpha value is -0.630. The van der Waals surface area contributed by atoms with Crippen LogP contribution in [0.1, 0.15) is 36.0 Å². The standard InChI is InChI=1S/C13H15BrClNO4S/c14-12-10(15)6-9(7-11(12)21(16,18)19)13(17)20-5-4-8-2-1-3-8/h6-8H,1-5H2,(H2,16,18,19). The molecule has 0 aromatic heterocycles. The second-order valence-electron chi connectivity index (χ2n) is 5.04. The van der Waals surface area contributed by atoms with Crippen LogP contribution in [0.25, 0.3) is 0 Å². The lowest BCUT2D eigenvalue weighted by Gasteiger charge is -2.24. The van der Waals surface area contributed by atoms with Gasteiger partial charge in [0.05, 0.1) is 26.6 Å². The summed E-state index contributed by atoms with van der Waals surface area (Å²) in [6.45, 7) is 0.321. The topological polar surface area (TPSA) is 86.5 Å². The normalized spacial score (nSPS) is 15.6. The van der Waals surface area contributed by atoms with Gasteiger partial charge >= 0.3 is 5.97 Å². The van der Waals surface area contributed by atoms with E-state index in [1.54, 1.807) is 0 Å². The van der Waals surface area contributed by atoms with Crippen molar-refractivity contribution >= 4 is 43.5 Å². The third-order valence-electron chi connectivity index (χ3n) is 3.52. The van der Waals surface area contributed by atoms with Crippen LogP contribution in [-0.4, -0.2) is 21.0 Å². The summed E-state index contributed by atoms with van der Waals surface area (Å²) in [6, 6.07) is 2.52. The van der Waals surface area contributed by atoms with Gasteiger partial charge in [-0.15, -0.1) is 0 Å². The molecule has 0 amide bonds. The minimum absolute atomic E-state index is 0.0702. The van der Waals surface area contributed by atoms with E-state index in [0.29, 0.717) is 12.5 Å². The van der Waals surface area contributed by atoms with Crippen LogP contribution in [0.5, 0.6) is 0 Å². The van der Waals surface area contributed by atoms with E-state index >= 15 is 0 Å². The van der Waals surface area contributed by atoms with E-state index < -0.39 is 16.0 Å². The monoisotopic (exact) mass is 395 g/mol. The number of hydrogen-bond acceptors (Lipinski definition) is 4. The predicted molar refractivity (Wildman–Crippen MR) is 82.8 cm³/mol. The van der Waals surface area contributed by atoms with Gasteiger partial charge in [0, 0.05) is 0 Å². The van der Waals surface area contributed by atoms with E-state index in [9.17, 15) is 13.2 Å². The number of rotatable bonds is 5. The molecule has 0 bridgehead atoms. The number of primary sulfonamides is 1. The second-order valence-corrected chi connectivity index (χ2v) is 7.77. The molecule has 1 saturated carbocycles. The van der Waals surface area contributed by atoms with Gasteiger partial charge in [0.25, 0.3) is 0 Å². The first-order valence-electron chi connectivity index (χ1n) is 6.48. The van der Waals surface area contributed by atoms with Gasteiger partial charge in [0.15, 0.2) is 0 Å². The highest BCUT2D eigenvalue weighted by Crippen LogP contribution is 2.31. The van der Waals surface area contributed by atoms with Crippen molar-refractivity contribution in [3.63, 3.8) is 0 Å². The van der Waals surface area contributed by atoms with E-state index in [4.69, 9.17) is 21.5 Å². The summed E-state index contributed by atoms with van der Waals surface area (Å²) in [5.74, 6) is 0.0277. The van der Waals surface area contributed by atoms with Crippen molar-refractivity contribution in [1.29, 1.82) is 0 Å². The summed E-state index contributed by atoms with van der Waals surface area (Å²) < 4.78 is 28.2. The van der Waals surface area contributed by atoms with E-state index in [0.717, 1.165) is 12.5 Å². The van der Waals surface area contributed by atoms with Gasteiger partial charge in [-0.3, -0.25) is 0 Å². The van der Waals surface area contributed by atoms with Gasteiger partial charge in [0.1, 0.15) is 0 Å². The van der Waals surface area contributed by atoms with E-state index in [2.05, 4.69) is 15.9 Å². The Kier molecular flexibility index (Phi) is 5.29. The SMILES string of the molecule is NS(=O)(=O)c1cc(C(=O)OCCC2CCC2)cc(Cl)c1Br. The molecule has 1 aromatic rings. The highest BCUT2D eigenvalue weighted by Gasteiger charge is 2.21. The maximum absolute atomic E-state index is 11.9. The fraction of sp³-hybridized carbons (Fsp3) is 0.462. The molecule has 21 heavy (non-hydrogen) atoms. The minimum atomic E-state index is -3.98. The summed E-state index contributed by atoms with van der Waals surface area (Å²) in [7, 11) is -3.98. The maximum atomic E-state index is 11.9. The smallest absolute Gasteiger partial charge is 0.338 e. The van der Waals surface area contributed by atoms with Crippen molar-refractivity contribution in [1.82, 2.24) is 0 Å². The molecule has 0 heterocycles. The Morgan fingerprint density at radius 2 is 2.10 bits per heavy atom. The van der Waals surface area contributed by atoms with Crippen LogP contribution in [0, 0.1) is 5.92 Å². The number of ether oxygens (including phenoxy) is 1. The number of halogens is 2. The van der Waals surface area contributed by atoms with E-state index in [1.165, 1.54) is 25.3 Å². The molecule has 0 unspecified atom stereocenters. The van der Waals surface area contributed by atoms with Crippen LogP contribution in [0.15, 0.2) is 21.5 Å². The summed E-state index contributed by atoms with van der Waals surface area (Å²) in [5.41, 5.74) is 0.0702. The van der Waals surface area contributed by atoms with E-state index in [1.807, 2.05) is 0 Å². The Morgan fingerprint density at radius 1 is 1.43 bits per heavy atom. The zero-order chi connectivity index (χ0) is 15.6. The molecular formula is C13H15BrClNO4S. The van der Waals surface area contributed by atoms with Crippen LogP contribution in [0.2, 0.25) is 5.02 Å². The van der Waals surface area contributed by atoms with Crippen molar-refractivity contribution in [3.05, 3.63) is 27.2 Å². The number of sulfonamides is 1. The molecule has 0 aliphatic heterocycles. The fourth-order valence-corrected chi connectivity index (χ4v) is 3.90. The van der Waals surface area contributed by atoms with Crippen LogP contribution < -0.4 is 5.14 Å². The first kappa shape index (κ1) is 16.7. The largest absolute Gasteiger partial charge is 0.462 e. The Bertz CT molecular complexity index is 658. The van der Waals surface area contributed by atoms with Crippen molar-refractivity contribution in [2.45, 2.75) is 30.6 Å². The molecule has 1 aliphatic carbocycles. The van der Waals surface area contributed by atoms with Crippen LogP contribution >= 0.6 is 27.5 Å². The zero-order valence-corrected chi connectivity index (χ0v) is 14.3. The van der Waals surface area contributed by atoms with Crippen molar-refractivity contribution < 1.29 is 17.9 Å². The Labute approximate surface area is 137 Å². The molecule has 0 radical (unpaired) electrons. The summed E-state index contributed by atoms with van der Waals surface area (Å²) in [5, 5.41) is 5.18. The lowest BCUT2D eigenvalue weighted by molar-refractivity contribution is 0.0464. The summed E-state index contributed by atoms with van der Waals surface area (Å²) >= 11 is 8.96. The number of hydrogen-bond donors (Lipinski definition) is 1. The van der Waals surface area contributed by atoms with Crippen LogP contribution in [-0.2, 0) is 14.8 Å². The molecule has 1 aromatic carbocycles. The first-order valence-corrected chi connectivity index (χ1v) is 9.19. The number of esters is 1. The number of nitrogens with two attached hydrogens (primary N) is 1. The number of carbonyl (C=O) groups excluding carboxylic acids is 1. The van der Waals surface area contributed by atoms with E-state index in [-0.39, 0.29) is 20.0 Å². The molecule has 116 valence electrons. The highest BCUT2D eigenvalue weighted by atomic mass is 79.9. The first-order chi connectivity index (χ1) is 9.79. The number of benzene rings is 1. The molecule has 8 heteroatoms. The zero-order valence-electron chi connectivity index (χ0n) is 11.1. The molecule has 0 spiro atoms. The maximum Gasteiger partial charge on any atom is 0.338 e. The Morgan fingerprint density at radius 3 is 2.62 bits per heavy atom. The van der Waals surface area contributed by atoms with Gasteiger partial charge in [-0.1, -0.05) is 30.9 Å². The third kappa shape index (κ3) is 4.18. The minimum Gasteiger partial charge on any atom is -0.462 e. The lowest BCUT2D eigenvalue weighted by Crippen LogP contribution is -2.17. The quantitative estimate of drug-likeness (QED) is 0.775. The van der Waals surface area contributed by atoms with Crippen LogP contribution in [0.3, 0.4) is 0 Å². The predicted octanol–water partition coefficient (Wildman–Crippen LogP) is 3.10. The molecule has 5 nitrogen and oxygen atoms in total. The van der Waals surface area contributed by atoms with Gasteiger partial charge in [-0.25, -0.2) is 18.4 Å².